The number of ether oxygens (including phenoxy) is 2. The summed E-state index contributed by atoms with van der Waals surface area (Å²) in [6, 6.07) is 7.78. The summed E-state index contributed by atoms with van der Waals surface area (Å²) in [7, 11) is 0. The molecule has 0 radical (unpaired) electrons. The maximum absolute atomic E-state index is 12.4. The number of carbonyl (C=O) groups excluding carboxylic acids is 1. The SMILES string of the molecule is CC1CN(C(=O)C2COc3ccccc3O2)CCN1. The lowest BCUT2D eigenvalue weighted by molar-refractivity contribution is -0.142. The Morgan fingerprint density at radius 3 is 2.95 bits per heavy atom. The van der Waals surface area contributed by atoms with Gasteiger partial charge in [0.25, 0.3) is 5.91 Å². The van der Waals surface area contributed by atoms with Crippen molar-refractivity contribution in [3.8, 4) is 11.5 Å². The van der Waals surface area contributed by atoms with Gasteiger partial charge in [0.2, 0.25) is 6.10 Å². The van der Waals surface area contributed by atoms with Gasteiger partial charge in [0, 0.05) is 25.7 Å². The van der Waals surface area contributed by atoms with Crippen molar-refractivity contribution in [2.45, 2.75) is 19.1 Å². The molecule has 5 heteroatoms. The number of nitrogens with zero attached hydrogens (tertiary/aromatic N) is 1. The predicted octanol–water partition coefficient (Wildman–Crippen LogP) is 0.647. The summed E-state index contributed by atoms with van der Waals surface area (Å²) < 4.78 is 11.3. The van der Waals surface area contributed by atoms with E-state index in [2.05, 4.69) is 12.2 Å². The molecule has 1 aromatic rings. The van der Waals surface area contributed by atoms with Crippen LogP contribution in [0.3, 0.4) is 0 Å². The molecule has 2 unspecified atom stereocenters. The number of benzene rings is 1. The molecule has 0 saturated carbocycles. The average molecular weight is 262 g/mol. The lowest BCUT2D eigenvalue weighted by Gasteiger charge is -2.35. The van der Waals surface area contributed by atoms with E-state index in [1.165, 1.54) is 0 Å². The molecule has 0 aromatic heterocycles. The van der Waals surface area contributed by atoms with Gasteiger partial charge < -0.3 is 19.7 Å². The van der Waals surface area contributed by atoms with Gasteiger partial charge in [-0.2, -0.15) is 0 Å². The van der Waals surface area contributed by atoms with Crippen molar-refractivity contribution in [3.63, 3.8) is 0 Å². The molecule has 1 saturated heterocycles. The molecule has 0 aliphatic carbocycles. The van der Waals surface area contributed by atoms with E-state index in [4.69, 9.17) is 9.47 Å². The molecular weight excluding hydrogens is 244 g/mol. The standard InChI is InChI=1S/C14H18N2O3/c1-10-8-16(7-6-15-10)14(17)13-9-18-11-4-2-3-5-12(11)19-13/h2-5,10,13,15H,6-9H2,1H3. The maximum atomic E-state index is 12.4. The van der Waals surface area contributed by atoms with E-state index in [9.17, 15) is 4.79 Å². The van der Waals surface area contributed by atoms with E-state index in [1.54, 1.807) is 0 Å². The minimum Gasteiger partial charge on any atom is -0.485 e. The summed E-state index contributed by atoms with van der Waals surface area (Å²) in [5, 5.41) is 3.32. The number of fused-ring (bicyclic) bond motifs is 1. The second kappa shape index (κ2) is 5.09. The molecule has 3 rings (SSSR count). The van der Waals surface area contributed by atoms with Gasteiger partial charge in [-0.05, 0) is 19.1 Å². The number of nitrogens with one attached hydrogen (secondary N) is 1. The number of carbonyl (C=O) groups is 1. The van der Waals surface area contributed by atoms with Gasteiger partial charge >= 0.3 is 0 Å². The zero-order valence-corrected chi connectivity index (χ0v) is 11.0. The zero-order valence-electron chi connectivity index (χ0n) is 11.0. The summed E-state index contributed by atoms with van der Waals surface area (Å²) in [6.45, 7) is 4.64. The Kier molecular flexibility index (Phi) is 3.29. The van der Waals surface area contributed by atoms with Gasteiger partial charge in [0.15, 0.2) is 11.5 Å². The van der Waals surface area contributed by atoms with Crippen LogP contribution in [0.1, 0.15) is 6.92 Å². The Hall–Kier alpha value is -1.75. The van der Waals surface area contributed by atoms with Crippen LogP contribution in [0.4, 0.5) is 0 Å². The number of piperazine rings is 1. The molecule has 19 heavy (non-hydrogen) atoms. The van der Waals surface area contributed by atoms with Gasteiger partial charge in [-0.15, -0.1) is 0 Å². The van der Waals surface area contributed by atoms with Crippen LogP contribution in [0.25, 0.3) is 0 Å². The lowest BCUT2D eigenvalue weighted by atomic mass is 10.2. The van der Waals surface area contributed by atoms with E-state index < -0.39 is 6.10 Å². The fourth-order valence-corrected chi connectivity index (χ4v) is 2.48. The molecule has 5 nitrogen and oxygen atoms in total. The van der Waals surface area contributed by atoms with E-state index in [-0.39, 0.29) is 12.5 Å². The first kappa shape index (κ1) is 12.3. The van der Waals surface area contributed by atoms with Crippen LogP contribution in [-0.4, -0.2) is 49.2 Å². The predicted molar refractivity (Wildman–Crippen MR) is 70.4 cm³/mol. The molecule has 2 atom stereocenters. The van der Waals surface area contributed by atoms with E-state index in [0.717, 1.165) is 19.6 Å². The molecule has 2 aliphatic rings. The highest BCUT2D eigenvalue weighted by Crippen LogP contribution is 2.31. The molecular formula is C14H18N2O3. The first-order valence-electron chi connectivity index (χ1n) is 6.64. The van der Waals surface area contributed by atoms with Crippen molar-refractivity contribution in [1.82, 2.24) is 10.2 Å². The highest BCUT2D eigenvalue weighted by molar-refractivity contribution is 5.82. The van der Waals surface area contributed by atoms with Gasteiger partial charge in [-0.3, -0.25) is 4.79 Å². The molecule has 0 bridgehead atoms. The largest absolute Gasteiger partial charge is 0.485 e. The van der Waals surface area contributed by atoms with Crippen LogP contribution >= 0.6 is 0 Å². The van der Waals surface area contributed by atoms with Crippen LogP contribution < -0.4 is 14.8 Å². The van der Waals surface area contributed by atoms with Crippen LogP contribution in [0, 0.1) is 0 Å². The summed E-state index contributed by atoms with van der Waals surface area (Å²) in [6.07, 6.45) is -0.528. The molecule has 2 heterocycles. The van der Waals surface area contributed by atoms with Crippen LogP contribution in [0.15, 0.2) is 24.3 Å². The van der Waals surface area contributed by atoms with Crippen molar-refractivity contribution in [2.24, 2.45) is 0 Å². The zero-order chi connectivity index (χ0) is 13.2. The van der Waals surface area contributed by atoms with Crippen LogP contribution in [0.5, 0.6) is 11.5 Å². The van der Waals surface area contributed by atoms with E-state index in [1.807, 2.05) is 29.2 Å². The number of para-hydroxylation sites is 2. The highest BCUT2D eigenvalue weighted by atomic mass is 16.6. The molecule has 1 amide bonds. The minimum atomic E-state index is -0.528. The summed E-state index contributed by atoms with van der Waals surface area (Å²) in [5.41, 5.74) is 0. The summed E-state index contributed by atoms with van der Waals surface area (Å²) in [4.78, 5) is 14.3. The molecule has 2 aliphatic heterocycles. The van der Waals surface area contributed by atoms with E-state index >= 15 is 0 Å². The lowest BCUT2D eigenvalue weighted by Crippen LogP contribution is -2.55. The number of rotatable bonds is 1. The Morgan fingerprint density at radius 1 is 1.37 bits per heavy atom. The van der Waals surface area contributed by atoms with Crippen molar-refractivity contribution >= 4 is 5.91 Å². The molecule has 0 spiro atoms. The normalized spacial score (nSPS) is 26.1. The van der Waals surface area contributed by atoms with Gasteiger partial charge in [0.05, 0.1) is 0 Å². The molecule has 1 fully saturated rings. The average Bonchev–Trinajstić information content (AvgIpc) is 2.46. The van der Waals surface area contributed by atoms with Gasteiger partial charge in [0.1, 0.15) is 6.61 Å². The Morgan fingerprint density at radius 2 is 2.16 bits per heavy atom. The Balaban J connectivity index is 1.69. The fraction of sp³-hybridized carbons (Fsp3) is 0.500. The monoisotopic (exact) mass is 262 g/mol. The first-order chi connectivity index (χ1) is 9.24. The van der Waals surface area contributed by atoms with Crippen molar-refractivity contribution in [1.29, 1.82) is 0 Å². The molecule has 1 N–H and O–H groups in total. The minimum absolute atomic E-state index is 0.0165. The summed E-state index contributed by atoms with van der Waals surface area (Å²) in [5.74, 6) is 1.37. The first-order valence-corrected chi connectivity index (χ1v) is 6.64. The third-order valence-electron chi connectivity index (χ3n) is 3.46. The highest BCUT2D eigenvalue weighted by Gasteiger charge is 2.32. The second-order valence-electron chi connectivity index (χ2n) is 5.00. The van der Waals surface area contributed by atoms with Gasteiger partial charge in [-0.1, -0.05) is 12.1 Å². The smallest absolute Gasteiger partial charge is 0.267 e. The number of amides is 1. The maximum Gasteiger partial charge on any atom is 0.267 e. The van der Waals surface area contributed by atoms with Crippen LogP contribution in [0.2, 0.25) is 0 Å². The van der Waals surface area contributed by atoms with E-state index in [0.29, 0.717) is 17.5 Å². The number of hydrogen-bond acceptors (Lipinski definition) is 4. The molecule has 102 valence electrons. The Bertz CT molecular complexity index is 478. The third-order valence-corrected chi connectivity index (χ3v) is 3.46. The van der Waals surface area contributed by atoms with Gasteiger partial charge in [-0.25, -0.2) is 0 Å². The quantitative estimate of drug-likeness (QED) is 0.807. The van der Waals surface area contributed by atoms with Crippen molar-refractivity contribution in [2.75, 3.05) is 26.2 Å². The Labute approximate surface area is 112 Å². The van der Waals surface area contributed by atoms with Crippen molar-refractivity contribution in [3.05, 3.63) is 24.3 Å². The van der Waals surface area contributed by atoms with Crippen molar-refractivity contribution < 1.29 is 14.3 Å². The topological polar surface area (TPSA) is 50.8 Å². The van der Waals surface area contributed by atoms with Crippen LogP contribution in [-0.2, 0) is 4.79 Å². The summed E-state index contributed by atoms with van der Waals surface area (Å²) >= 11 is 0. The molecule has 1 aromatic carbocycles. The fourth-order valence-electron chi connectivity index (χ4n) is 2.48. The number of hydrogen-bond donors (Lipinski definition) is 1. The third kappa shape index (κ3) is 2.51. The second-order valence-corrected chi connectivity index (χ2v) is 5.00.